The van der Waals surface area contributed by atoms with Crippen LogP contribution in [0.4, 0.5) is 0 Å². The fourth-order valence-electron chi connectivity index (χ4n) is 2.61. The van der Waals surface area contributed by atoms with E-state index in [0.29, 0.717) is 6.04 Å². The quantitative estimate of drug-likeness (QED) is 0.770. The van der Waals surface area contributed by atoms with Gasteiger partial charge in [-0.3, -0.25) is 0 Å². The number of hydrogen-bond acceptors (Lipinski definition) is 2. The number of nitrogens with one attached hydrogen (secondary N) is 1. The molecule has 1 saturated carbocycles. The first-order valence-electron chi connectivity index (χ1n) is 7.65. The average molecular weight is 260 g/mol. The minimum atomic E-state index is 0.494. The highest BCUT2D eigenvalue weighted by atomic mass is 15.2. The topological polar surface area (TPSA) is 15.3 Å². The van der Waals surface area contributed by atoms with Crippen LogP contribution in [0.15, 0.2) is 30.3 Å². The van der Waals surface area contributed by atoms with Gasteiger partial charge in [0.1, 0.15) is 0 Å². The standard InChI is InChI=1S/C17H28N2/c1-14(2)13-17(15-7-5-4-6-8-15)18-11-12-19(3)16-9-10-16/h4-8,14,16-18H,9-13H2,1-3H3. The van der Waals surface area contributed by atoms with Gasteiger partial charge in [0.05, 0.1) is 0 Å². The number of hydrogen-bond donors (Lipinski definition) is 1. The summed E-state index contributed by atoms with van der Waals surface area (Å²) in [4.78, 5) is 2.49. The van der Waals surface area contributed by atoms with E-state index in [-0.39, 0.29) is 0 Å². The molecule has 1 N–H and O–H groups in total. The molecule has 106 valence electrons. The zero-order valence-corrected chi connectivity index (χ0v) is 12.6. The maximum absolute atomic E-state index is 3.74. The minimum absolute atomic E-state index is 0.494. The van der Waals surface area contributed by atoms with Crippen molar-refractivity contribution in [1.29, 1.82) is 0 Å². The second-order valence-electron chi connectivity index (χ2n) is 6.26. The number of nitrogens with zero attached hydrogens (tertiary/aromatic N) is 1. The molecule has 1 fully saturated rings. The van der Waals surface area contributed by atoms with E-state index in [9.17, 15) is 0 Å². The minimum Gasteiger partial charge on any atom is -0.309 e. The molecule has 19 heavy (non-hydrogen) atoms. The summed E-state index contributed by atoms with van der Waals surface area (Å²) in [6, 6.07) is 12.2. The number of rotatable bonds is 8. The van der Waals surface area contributed by atoms with Gasteiger partial charge >= 0.3 is 0 Å². The molecule has 1 unspecified atom stereocenters. The van der Waals surface area contributed by atoms with Crippen molar-refractivity contribution in [3.63, 3.8) is 0 Å². The van der Waals surface area contributed by atoms with Crippen LogP contribution in [-0.4, -0.2) is 31.1 Å². The van der Waals surface area contributed by atoms with Crippen molar-refractivity contribution < 1.29 is 0 Å². The lowest BCUT2D eigenvalue weighted by atomic mass is 9.97. The van der Waals surface area contributed by atoms with Crippen LogP contribution in [-0.2, 0) is 0 Å². The lowest BCUT2D eigenvalue weighted by Gasteiger charge is -2.23. The van der Waals surface area contributed by atoms with E-state index < -0.39 is 0 Å². The lowest BCUT2D eigenvalue weighted by molar-refractivity contribution is 0.308. The van der Waals surface area contributed by atoms with Crippen LogP contribution in [0.2, 0.25) is 0 Å². The normalized spacial score (nSPS) is 17.1. The predicted octanol–water partition coefficient (Wildman–Crippen LogP) is 3.46. The van der Waals surface area contributed by atoms with Gasteiger partial charge < -0.3 is 10.2 Å². The van der Waals surface area contributed by atoms with Crippen molar-refractivity contribution in [2.75, 3.05) is 20.1 Å². The van der Waals surface area contributed by atoms with Crippen LogP contribution >= 0.6 is 0 Å². The zero-order valence-electron chi connectivity index (χ0n) is 12.6. The number of likely N-dealkylation sites (N-methyl/N-ethyl adjacent to an activating group) is 1. The Hall–Kier alpha value is -0.860. The first-order chi connectivity index (χ1) is 9.16. The maximum atomic E-state index is 3.74. The highest BCUT2D eigenvalue weighted by Gasteiger charge is 2.25. The van der Waals surface area contributed by atoms with Gasteiger partial charge in [0.2, 0.25) is 0 Å². The average Bonchev–Trinajstić information content (AvgIpc) is 3.22. The SMILES string of the molecule is CC(C)CC(NCCN(C)C1CC1)c1ccccc1. The Bertz CT molecular complexity index is 357. The van der Waals surface area contributed by atoms with Gasteiger partial charge in [0.15, 0.2) is 0 Å². The van der Waals surface area contributed by atoms with Crippen LogP contribution in [0.25, 0.3) is 0 Å². The van der Waals surface area contributed by atoms with Gasteiger partial charge in [-0.1, -0.05) is 44.2 Å². The Morgan fingerprint density at radius 2 is 1.89 bits per heavy atom. The Kier molecular flexibility index (Phi) is 5.41. The summed E-state index contributed by atoms with van der Waals surface area (Å²) >= 11 is 0. The molecular formula is C17H28N2. The van der Waals surface area contributed by atoms with Gasteiger partial charge in [-0.15, -0.1) is 0 Å². The molecule has 2 heteroatoms. The van der Waals surface area contributed by atoms with Crippen molar-refractivity contribution in [1.82, 2.24) is 10.2 Å². The molecule has 1 aromatic carbocycles. The van der Waals surface area contributed by atoms with Crippen LogP contribution < -0.4 is 5.32 Å². The summed E-state index contributed by atoms with van der Waals surface area (Å²) in [5, 5.41) is 3.74. The molecule has 0 heterocycles. The number of benzene rings is 1. The van der Waals surface area contributed by atoms with Crippen LogP contribution in [0.3, 0.4) is 0 Å². The Morgan fingerprint density at radius 3 is 2.47 bits per heavy atom. The van der Waals surface area contributed by atoms with Crippen molar-refractivity contribution >= 4 is 0 Å². The van der Waals surface area contributed by atoms with E-state index in [0.717, 1.165) is 25.0 Å². The molecule has 0 aromatic heterocycles. The van der Waals surface area contributed by atoms with Crippen LogP contribution in [0.5, 0.6) is 0 Å². The summed E-state index contributed by atoms with van der Waals surface area (Å²) in [6.07, 6.45) is 3.99. The fourth-order valence-corrected chi connectivity index (χ4v) is 2.61. The predicted molar refractivity (Wildman–Crippen MR) is 82.3 cm³/mol. The van der Waals surface area contributed by atoms with Crippen molar-refractivity contribution in [3.8, 4) is 0 Å². The summed E-state index contributed by atoms with van der Waals surface area (Å²) < 4.78 is 0. The second kappa shape index (κ2) is 7.06. The molecule has 0 spiro atoms. The fraction of sp³-hybridized carbons (Fsp3) is 0.647. The lowest BCUT2D eigenvalue weighted by Crippen LogP contribution is -2.33. The molecule has 0 aliphatic heterocycles. The molecule has 1 aliphatic carbocycles. The van der Waals surface area contributed by atoms with Crippen LogP contribution in [0, 0.1) is 5.92 Å². The Morgan fingerprint density at radius 1 is 1.21 bits per heavy atom. The van der Waals surface area contributed by atoms with Crippen molar-refractivity contribution in [3.05, 3.63) is 35.9 Å². The van der Waals surface area contributed by atoms with E-state index in [1.807, 2.05) is 0 Å². The molecule has 1 aromatic rings. The van der Waals surface area contributed by atoms with Gasteiger partial charge in [-0.05, 0) is 37.8 Å². The highest BCUT2D eigenvalue weighted by molar-refractivity contribution is 5.18. The summed E-state index contributed by atoms with van der Waals surface area (Å²) in [5.41, 5.74) is 1.42. The van der Waals surface area contributed by atoms with E-state index in [1.165, 1.54) is 24.8 Å². The molecule has 0 bridgehead atoms. The summed E-state index contributed by atoms with van der Waals surface area (Å²) in [5.74, 6) is 0.721. The zero-order chi connectivity index (χ0) is 13.7. The molecule has 1 aliphatic rings. The molecule has 2 nitrogen and oxygen atoms in total. The molecule has 0 amide bonds. The molecular weight excluding hydrogens is 232 g/mol. The van der Waals surface area contributed by atoms with E-state index in [4.69, 9.17) is 0 Å². The second-order valence-corrected chi connectivity index (χ2v) is 6.26. The third-order valence-electron chi connectivity index (χ3n) is 3.93. The highest BCUT2D eigenvalue weighted by Crippen LogP contribution is 2.25. The largest absolute Gasteiger partial charge is 0.309 e. The van der Waals surface area contributed by atoms with E-state index in [2.05, 4.69) is 61.4 Å². The van der Waals surface area contributed by atoms with E-state index >= 15 is 0 Å². The van der Waals surface area contributed by atoms with Gasteiger partial charge in [-0.25, -0.2) is 0 Å². The molecule has 2 rings (SSSR count). The molecule has 0 saturated heterocycles. The summed E-state index contributed by atoms with van der Waals surface area (Å²) in [6.45, 7) is 6.84. The monoisotopic (exact) mass is 260 g/mol. The van der Waals surface area contributed by atoms with Gasteiger partial charge in [-0.2, -0.15) is 0 Å². The third kappa shape index (κ3) is 4.96. The van der Waals surface area contributed by atoms with E-state index in [1.54, 1.807) is 0 Å². The smallest absolute Gasteiger partial charge is 0.0323 e. The van der Waals surface area contributed by atoms with Crippen molar-refractivity contribution in [2.45, 2.75) is 45.2 Å². The summed E-state index contributed by atoms with van der Waals surface area (Å²) in [7, 11) is 2.25. The Balaban J connectivity index is 1.83. The third-order valence-corrected chi connectivity index (χ3v) is 3.93. The molecule has 0 radical (unpaired) electrons. The van der Waals surface area contributed by atoms with Crippen LogP contribution in [0.1, 0.15) is 44.7 Å². The first kappa shape index (κ1) is 14.5. The maximum Gasteiger partial charge on any atom is 0.0323 e. The van der Waals surface area contributed by atoms with Gasteiger partial charge in [0.25, 0.3) is 0 Å². The molecule has 1 atom stereocenters. The first-order valence-corrected chi connectivity index (χ1v) is 7.65. The van der Waals surface area contributed by atoms with Crippen molar-refractivity contribution in [2.24, 2.45) is 5.92 Å². The van der Waals surface area contributed by atoms with Gasteiger partial charge in [0, 0.05) is 25.2 Å². The Labute approximate surface area is 118 Å².